The smallest absolute Gasteiger partial charge is 0.145 e. The Kier molecular flexibility index (Phi) is 4.91. The molecule has 2 rings (SSSR count). The Morgan fingerprint density at radius 2 is 2.05 bits per heavy atom. The van der Waals surface area contributed by atoms with Crippen molar-refractivity contribution < 1.29 is 9.13 Å². The highest BCUT2D eigenvalue weighted by Crippen LogP contribution is 2.26. The monoisotopic (exact) mass is 284 g/mol. The second-order valence-corrected chi connectivity index (χ2v) is 5.04. The third kappa shape index (κ3) is 4.30. The first kappa shape index (κ1) is 15.0. The van der Waals surface area contributed by atoms with Crippen LogP contribution < -0.4 is 10.1 Å². The summed E-state index contributed by atoms with van der Waals surface area (Å²) in [5.74, 6) is 0.430. The number of hydrogen-bond acceptors (Lipinski definition) is 3. The summed E-state index contributed by atoms with van der Waals surface area (Å²) < 4.78 is 18.7. The van der Waals surface area contributed by atoms with E-state index in [1.807, 2.05) is 6.07 Å². The van der Waals surface area contributed by atoms with Crippen molar-refractivity contribution >= 4 is 0 Å². The third-order valence-corrected chi connectivity index (χ3v) is 2.90. The fourth-order valence-corrected chi connectivity index (χ4v) is 1.84. The van der Waals surface area contributed by atoms with Crippen LogP contribution in [0, 0.1) is 17.1 Å². The van der Waals surface area contributed by atoms with Crippen molar-refractivity contribution in [3.05, 3.63) is 59.4 Å². The summed E-state index contributed by atoms with van der Waals surface area (Å²) in [6.45, 7) is 4.81. The molecule has 0 aromatic heterocycles. The highest BCUT2D eigenvalue weighted by molar-refractivity contribution is 5.47. The first-order chi connectivity index (χ1) is 10.1. The molecule has 4 heteroatoms. The molecule has 0 saturated carbocycles. The van der Waals surface area contributed by atoms with E-state index in [2.05, 4.69) is 25.2 Å². The summed E-state index contributed by atoms with van der Waals surface area (Å²) in [7, 11) is 0. The van der Waals surface area contributed by atoms with Gasteiger partial charge in [0.1, 0.15) is 23.4 Å². The fourth-order valence-electron chi connectivity index (χ4n) is 1.84. The van der Waals surface area contributed by atoms with E-state index in [0.717, 1.165) is 5.56 Å². The molecule has 0 fully saturated rings. The van der Waals surface area contributed by atoms with Gasteiger partial charge in [0.05, 0.1) is 5.56 Å². The number of nitrogens with zero attached hydrogens (tertiary/aromatic N) is 1. The molecule has 0 radical (unpaired) electrons. The Hall–Kier alpha value is -2.38. The van der Waals surface area contributed by atoms with Crippen molar-refractivity contribution in [3.63, 3.8) is 0 Å². The van der Waals surface area contributed by atoms with Crippen LogP contribution in [0.15, 0.2) is 42.5 Å². The average molecular weight is 284 g/mol. The van der Waals surface area contributed by atoms with Crippen LogP contribution in [0.5, 0.6) is 11.5 Å². The maximum absolute atomic E-state index is 13.1. The van der Waals surface area contributed by atoms with Gasteiger partial charge in [0.15, 0.2) is 0 Å². The maximum Gasteiger partial charge on any atom is 0.145 e. The van der Waals surface area contributed by atoms with Gasteiger partial charge in [0.25, 0.3) is 0 Å². The lowest BCUT2D eigenvalue weighted by atomic mass is 10.1. The highest BCUT2D eigenvalue weighted by atomic mass is 19.1. The second kappa shape index (κ2) is 6.87. The first-order valence-corrected chi connectivity index (χ1v) is 6.78. The van der Waals surface area contributed by atoms with Gasteiger partial charge in [-0.3, -0.25) is 0 Å². The number of nitriles is 1. The number of rotatable bonds is 5. The molecule has 0 amide bonds. The van der Waals surface area contributed by atoms with E-state index in [9.17, 15) is 9.65 Å². The van der Waals surface area contributed by atoms with Crippen molar-refractivity contribution in [1.29, 1.82) is 5.26 Å². The van der Waals surface area contributed by atoms with Crippen LogP contribution in [-0.4, -0.2) is 6.04 Å². The number of halogens is 1. The molecule has 2 aromatic rings. The molecule has 0 unspecified atom stereocenters. The minimum absolute atomic E-state index is 0.372. The Morgan fingerprint density at radius 3 is 2.71 bits per heavy atom. The highest BCUT2D eigenvalue weighted by Gasteiger charge is 2.07. The lowest BCUT2D eigenvalue weighted by molar-refractivity contribution is 0.475. The molecule has 1 N–H and O–H groups in total. The van der Waals surface area contributed by atoms with Crippen LogP contribution in [0.4, 0.5) is 4.39 Å². The summed E-state index contributed by atoms with van der Waals surface area (Å²) in [6.07, 6.45) is 0. The number of nitrogens with one attached hydrogen (secondary N) is 1. The van der Waals surface area contributed by atoms with Gasteiger partial charge in [-0.15, -0.1) is 0 Å². The third-order valence-electron chi connectivity index (χ3n) is 2.90. The van der Waals surface area contributed by atoms with Crippen molar-refractivity contribution in [3.8, 4) is 17.6 Å². The number of benzene rings is 2. The second-order valence-electron chi connectivity index (χ2n) is 5.04. The van der Waals surface area contributed by atoms with Crippen LogP contribution in [0.1, 0.15) is 25.0 Å². The van der Waals surface area contributed by atoms with Gasteiger partial charge in [-0.1, -0.05) is 26.0 Å². The molecule has 0 bridgehead atoms. The van der Waals surface area contributed by atoms with Gasteiger partial charge in [-0.25, -0.2) is 4.39 Å². The topological polar surface area (TPSA) is 45.0 Å². The minimum Gasteiger partial charge on any atom is -0.456 e. The lowest BCUT2D eigenvalue weighted by Gasteiger charge is -2.11. The molecular weight excluding hydrogens is 267 g/mol. The van der Waals surface area contributed by atoms with Crippen LogP contribution >= 0.6 is 0 Å². The normalized spacial score (nSPS) is 10.4. The molecule has 0 aliphatic heterocycles. The van der Waals surface area contributed by atoms with Gasteiger partial charge in [0, 0.05) is 18.7 Å². The van der Waals surface area contributed by atoms with Gasteiger partial charge in [-0.05, 0) is 29.8 Å². The lowest BCUT2D eigenvalue weighted by Crippen LogP contribution is -2.21. The van der Waals surface area contributed by atoms with Crippen LogP contribution in [0.25, 0.3) is 0 Å². The maximum atomic E-state index is 13.1. The van der Waals surface area contributed by atoms with E-state index < -0.39 is 0 Å². The SMILES string of the molecule is CC(C)NCc1ccc(Oc2cccc(F)c2)c(C#N)c1. The van der Waals surface area contributed by atoms with Crippen LogP contribution in [0.2, 0.25) is 0 Å². The summed E-state index contributed by atoms with van der Waals surface area (Å²) in [4.78, 5) is 0. The van der Waals surface area contributed by atoms with Crippen molar-refractivity contribution in [2.45, 2.75) is 26.4 Å². The van der Waals surface area contributed by atoms with E-state index in [-0.39, 0.29) is 5.82 Å². The molecule has 0 saturated heterocycles. The molecule has 0 aliphatic carbocycles. The fraction of sp³-hybridized carbons (Fsp3) is 0.235. The van der Waals surface area contributed by atoms with E-state index in [1.54, 1.807) is 24.3 Å². The standard InChI is InChI=1S/C17H17FN2O/c1-12(2)20-11-13-6-7-17(14(8-13)10-19)21-16-5-3-4-15(18)9-16/h3-9,12,20H,11H2,1-2H3. The zero-order valence-electron chi connectivity index (χ0n) is 12.1. The molecule has 108 valence electrons. The van der Waals surface area contributed by atoms with E-state index in [0.29, 0.717) is 29.6 Å². The zero-order valence-corrected chi connectivity index (χ0v) is 12.1. The van der Waals surface area contributed by atoms with Crippen molar-refractivity contribution in [2.24, 2.45) is 0 Å². The Labute approximate surface area is 124 Å². The Bertz CT molecular complexity index is 662. The molecular formula is C17H17FN2O. The Balaban J connectivity index is 2.18. The van der Waals surface area contributed by atoms with Gasteiger partial charge in [-0.2, -0.15) is 5.26 Å². The predicted molar refractivity (Wildman–Crippen MR) is 79.6 cm³/mol. The molecule has 0 spiro atoms. The molecule has 0 aliphatic rings. The molecule has 3 nitrogen and oxygen atoms in total. The largest absolute Gasteiger partial charge is 0.456 e. The van der Waals surface area contributed by atoms with Crippen molar-refractivity contribution in [1.82, 2.24) is 5.32 Å². The summed E-state index contributed by atoms with van der Waals surface area (Å²) in [5, 5.41) is 12.5. The molecule has 2 aromatic carbocycles. The average Bonchev–Trinajstić information content (AvgIpc) is 2.46. The number of ether oxygens (including phenoxy) is 1. The zero-order chi connectivity index (χ0) is 15.2. The summed E-state index contributed by atoms with van der Waals surface area (Å²) in [5.41, 5.74) is 1.44. The van der Waals surface area contributed by atoms with Crippen molar-refractivity contribution in [2.75, 3.05) is 0 Å². The predicted octanol–water partition coefficient (Wildman–Crippen LogP) is 3.99. The minimum atomic E-state index is -0.372. The van der Waals surface area contributed by atoms with E-state index in [4.69, 9.17) is 4.74 Å². The summed E-state index contributed by atoms with van der Waals surface area (Å²) in [6, 6.07) is 13.7. The van der Waals surface area contributed by atoms with Gasteiger partial charge >= 0.3 is 0 Å². The van der Waals surface area contributed by atoms with Gasteiger partial charge in [0.2, 0.25) is 0 Å². The number of hydrogen-bond donors (Lipinski definition) is 1. The van der Waals surface area contributed by atoms with Crippen LogP contribution in [0.3, 0.4) is 0 Å². The van der Waals surface area contributed by atoms with E-state index in [1.165, 1.54) is 12.1 Å². The molecule has 0 heterocycles. The van der Waals surface area contributed by atoms with Gasteiger partial charge < -0.3 is 10.1 Å². The summed E-state index contributed by atoms with van der Waals surface area (Å²) >= 11 is 0. The van der Waals surface area contributed by atoms with E-state index >= 15 is 0 Å². The molecule has 21 heavy (non-hydrogen) atoms. The quantitative estimate of drug-likeness (QED) is 0.903. The molecule has 0 atom stereocenters. The van der Waals surface area contributed by atoms with Crippen LogP contribution in [-0.2, 0) is 6.54 Å². The Morgan fingerprint density at radius 1 is 1.24 bits per heavy atom. The first-order valence-electron chi connectivity index (χ1n) is 6.78.